The van der Waals surface area contributed by atoms with Crippen molar-refractivity contribution in [2.24, 2.45) is 5.84 Å². The van der Waals surface area contributed by atoms with E-state index in [1.54, 1.807) is 0 Å². The highest BCUT2D eigenvalue weighted by Crippen LogP contribution is 1.97. The summed E-state index contributed by atoms with van der Waals surface area (Å²) in [6.07, 6.45) is 1.10. The van der Waals surface area contributed by atoms with Crippen molar-refractivity contribution in [3.05, 3.63) is 0 Å². The quantitative estimate of drug-likeness (QED) is 0.455. The molecule has 0 fully saturated rings. The number of nitrogens with one attached hydrogen (secondary N) is 1. The molecule has 0 aromatic heterocycles. The Labute approximate surface area is 69.9 Å². The van der Waals surface area contributed by atoms with Crippen molar-refractivity contribution in [3.63, 3.8) is 0 Å². The van der Waals surface area contributed by atoms with Crippen LogP contribution in [0.3, 0.4) is 0 Å². The van der Waals surface area contributed by atoms with Gasteiger partial charge in [-0.2, -0.15) is 0 Å². The number of hydrogen-bond donors (Lipinski definition) is 2. The van der Waals surface area contributed by atoms with Gasteiger partial charge in [0.05, 0.1) is 0 Å². The molecule has 3 nitrogen and oxygen atoms in total. The van der Waals surface area contributed by atoms with Gasteiger partial charge in [-0.1, -0.05) is 0 Å². The van der Waals surface area contributed by atoms with Crippen LogP contribution in [0.2, 0.25) is 0 Å². The molecule has 0 saturated heterocycles. The molecule has 0 heterocycles. The lowest BCUT2D eigenvalue weighted by Crippen LogP contribution is -2.36. The highest BCUT2D eigenvalue weighted by Gasteiger charge is 2.04. The standard InChI is InChI=1S/C8H21N3/c1-7(2)11(4)6-5-8(3)10-9/h7-8,10H,5-6,9H2,1-4H3/t8-/m0/s1. The molecule has 11 heavy (non-hydrogen) atoms. The normalized spacial score (nSPS) is 14.5. The van der Waals surface area contributed by atoms with E-state index in [1.807, 2.05) is 0 Å². The largest absolute Gasteiger partial charge is 0.304 e. The van der Waals surface area contributed by atoms with Gasteiger partial charge in [-0.3, -0.25) is 11.3 Å². The predicted molar refractivity (Wildman–Crippen MR) is 49.2 cm³/mol. The second kappa shape index (κ2) is 5.52. The Morgan fingerprint density at radius 2 is 1.91 bits per heavy atom. The zero-order chi connectivity index (χ0) is 8.85. The van der Waals surface area contributed by atoms with Crippen LogP contribution in [0, 0.1) is 0 Å². The Bertz CT molecular complexity index is 93.3. The Balaban J connectivity index is 3.37. The van der Waals surface area contributed by atoms with E-state index in [0.717, 1.165) is 13.0 Å². The lowest BCUT2D eigenvalue weighted by Gasteiger charge is -2.22. The molecule has 0 aliphatic rings. The maximum absolute atomic E-state index is 5.27. The van der Waals surface area contributed by atoms with Crippen molar-refractivity contribution in [2.45, 2.75) is 39.3 Å². The third-order valence-electron chi connectivity index (χ3n) is 2.08. The summed E-state index contributed by atoms with van der Waals surface area (Å²) in [5.41, 5.74) is 2.73. The Kier molecular flexibility index (Phi) is 5.46. The molecular weight excluding hydrogens is 138 g/mol. The van der Waals surface area contributed by atoms with Crippen molar-refractivity contribution in [3.8, 4) is 0 Å². The summed E-state index contributed by atoms with van der Waals surface area (Å²) in [5, 5.41) is 0. The molecule has 0 aromatic rings. The first-order valence-electron chi connectivity index (χ1n) is 4.24. The van der Waals surface area contributed by atoms with Crippen LogP contribution in [0.25, 0.3) is 0 Å². The summed E-state index contributed by atoms with van der Waals surface area (Å²) in [4.78, 5) is 2.31. The number of nitrogens with zero attached hydrogens (tertiary/aromatic N) is 1. The van der Waals surface area contributed by atoms with Crippen molar-refractivity contribution >= 4 is 0 Å². The van der Waals surface area contributed by atoms with Crippen molar-refractivity contribution in [1.29, 1.82) is 0 Å². The minimum Gasteiger partial charge on any atom is -0.304 e. The molecule has 3 N–H and O–H groups in total. The van der Waals surface area contributed by atoms with Crippen LogP contribution in [0.5, 0.6) is 0 Å². The van der Waals surface area contributed by atoms with Gasteiger partial charge in [0, 0.05) is 12.1 Å². The number of hydrogen-bond acceptors (Lipinski definition) is 3. The number of nitrogens with two attached hydrogens (primary N) is 1. The van der Waals surface area contributed by atoms with Gasteiger partial charge in [0.25, 0.3) is 0 Å². The molecule has 0 bridgehead atoms. The molecule has 3 heteroatoms. The SMILES string of the molecule is CC(C)N(C)CC[C@H](C)NN. The highest BCUT2D eigenvalue weighted by molar-refractivity contribution is 4.62. The third-order valence-corrected chi connectivity index (χ3v) is 2.08. The zero-order valence-electron chi connectivity index (χ0n) is 8.09. The lowest BCUT2D eigenvalue weighted by molar-refractivity contribution is 0.259. The van der Waals surface area contributed by atoms with E-state index in [9.17, 15) is 0 Å². The van der Waals surface area contributed by atoms with E-state index in [2.05, 4.69) is 38.1 Å². The van der Waals surface area contributed by atoms with Gasteiger partial charge < -0.3 is 4.90 Å². The summed E-state index contributed by atoms with van der Waals surface area (Å²) in [7, 11) is 2.13. The maximum Gasteiger partial charge on any atom is 0.0194 e. The van der Waals surface area contributed by atoms with E-state index in [0.29, 0.717) is 12.1 Å². The topological polar surface area (TPSA) is 41.3 Å². The van der Waals surface area contributed by atoms with Gasteiger partial charge in [0.1, 0.15) is 0 Å². The molecule has 0 spiro atoms. The molecule has 0 unspecified atom stereocenters. The molecule has 0 saturated carbocycles. The van der Waals surface area contributed by atoms with Gasteiger partial charge in [-0.15, -0.1) is 0 Å². The Hall–Kier alpha value is -0.120. The van der Waals surface area contributed by atoms with Gasteiger partial charge in [-0.05, 0) is 40.8 Å². The second-order valence-corrected chi connectivity index (χ2v) is 3.43. The van der Waals surface area contributed by atoms with E-state index in [-0.39, 0.29) is 0 Å². The van der Waals surface area contributed by atoms with Crippen LogP contribution in [-0.4, -0.2) is 30.6 Å². The predicted octanol–water partition coefficient (Wildman–Crippen LogP) is 0.569. The minimum absolute atomic E-state index is 0.413. The van der Waals surface area contributed by atoms with Crippen LogP contribution in [0.4, 0.5) is 0 Å². The Morgan fingerprint density at radius 1 is 1.36 bits per heavy atom. The van der Waals surface area contributed by atoms with Gasteiger partial charge in [-0.25, -0.2) is 0 Å². The third kappa shape index (κ3) is 5.18. The molecular formula is C8H21N3. The Morgan fingerprint density at radius 3 is 2.27 bits per heavy atom. The fourth-order valence-electron chi connectivity index (χ4n) is 0.739. The first-order valence-corrected chi connectivity index (χ1v) is 4.24. The summed E-state index contributed by atoms with van der Waals surface area (Å²) >= 11 is 0. The van der Waals surface area contributed by atoms with Crippen LogP contribution in [-0.2, 0) is 0 Å². The van der Waals surface area contributed by atoms with E-state index >= 15 is 0 Å². The van der Waals surface area contributed by atoms with Crippen molar-refractivity contribution in [1.82, 2.24) is 10.3 Å². The number of rotatable bonds is 5. The summed E-state index contributed by atoms with van der Waals surface area (Å²) < 4.78 is 0. The first-order chi connectivity index (χ1) is 5.07. The lowest BCUT2D eigenvalue weighted by atomic mass is 10.2. The van der Waals surface area contributed by atoms with E-state index in [4.69, 9.17) is 5.84 Å². The molecule has 0 radical (unpaired) electrons. The van der Waals surface area contributed by atoms with Gasteiger partial charge in [0.15, 0.2) is 0 Å². The average Bonchev–Trinajstić information content (AvgIpc) is 1.99. The molecule has 68 valence electrons. The molecule has 1 atom stereocenters. The van der Waals surface area contributed by atoms with Crippen molar-refractivity contribution in [2.75, 3.05) is 13.6 Å². The number of hydrazine groups is 1. The van der Waals surface area contributed by atoms with Gasteiger partial charge in [0.2, 0.25) is 0 Å². The summed E-state index contributed by atoms with van der Waals surface area (Å²) in [5.74, 6) is 5.27. The molecule has 0 rings (SSSR count). The fourth-order valence-corrected chi connectivity index (χ4v) is 0.739. The molecule has 0 aliphatic heterocycles. The zero-order valence-corrected chi connectivity index (χ0v) is 8.09. The molecule has 0 amide bonds. The van der Waals surface area contributed by atoms with E-state index < -0.39 is 0 Å². The highest BCUT2D eigenvalue weighted by atomic mass is 15.2. The van der Waals surface area contributed by atoms with Crippen LogP contribution < -0.4 is 11.3 Å². The summed E-state index contributed by atoms with van der Waals surface area (Å²) in [6.45, 7) is 7.58. The van der Waals surface area contributed by atoms with E-state index in [1.165, 1.54) is 0 Å². The second-order valence-electron chi connectivity index (χ2n) is 3.43. The van der Waals surface area contributed by atoms with Crippen LogP contribution in [0.15, 0.2) is 0 Å². The first kappa shape index (κ1) is 10.9. The maximum atomic E-state index is 5.27. The minimum atomic E-state index is 0.413. The monoisotopic (exact) mass is 159 g/mol. The van der Waals surface area contributed by atoms with Crippen molar-refractivity contribution < 1.29 is 0 Å². The van der Waals surface area contributed by atoms with Crippen LogP contribution in [0.1, 0.15) is 27.2 Å². The fraction of sp³-hybridized carbons (Fsp3) is 1.00. The molecule has 0 aliphatic carbocycles. The smallest absolute Gasteiger partial charge is 0.0194 e. The van der Waals surface area contributed by atoms with Crippen LogP contribution >= 0.6 is 0 Å². The molecule has 0 aromatic carbocycles. The summed E-state index contributed by atoms with van der Waals surface area (Å²) in [6, 6.07) is 1.04. The van der Waals surface area contributed by atoms with Gasteiger partial charge >= 0.3 is 0 Å². The average molecular weight is 159 g/mol.